The van der Waals surface area contributed by atoms with Crippen molar-refractivity contribution in [3.63, 3.8) is 0 Å². The smallest absolute Gasteiger partial charge is 0.0567 e. The number of hydrogen-bond donors (Lipinski definition) is 0. The van der Waals surface area contributed by atoms with E-state index >= 15 is 0 Å². The van der Waals surface area contributed by atoms with Crippen LogP contribution in [0.25, 0.3) is 0 Å². The summed E-state index contributed by atoms with van der Waals surface area (Å²) in [5.74, 6) is 0. The van der Waals surface area contributed by atoms with E-state index in [0.717, 1.165) is 44.0 Å². The summed E-state index contributed by atoms with van der Waals surface area (Å²) in [4.78, 5) is 15.7. The van der Waals surface area contributed by atoms with E-state index < -0.39 is 0 Å². The topological polar surface area (TPSA) is 13.0 Å². The molecule has 0 aromatic heterocycles. The molecule has 0 amide bonds. The quantitative estimate of drug-likeness (QED) is 0.179. The van der Waals surface area contributed by atoms with Gasteiger partial charge in [0.05, 0.1) is 22.7 Å². The molecule has 44 heavy (non-hydrogen) atoms. The molecule has 7 rings (SSSR count). The van der Waals surface area contributed by atoms with E-state index in [-0.39, 0.29) is 0 Å². The van der Waals surface area contributed by atoms with Crippen molar-refractivity contribution in [2.24, 2.45) is 0 Å². The van der Waals surface area contributed by atoms with Crippen LogP contribution in [0.1, 0.15) is 31.2 Å². The van der Waals surface area contributed by atoms with Crippen molar-refractivity contribution in [1.82, 2.24) is 9.80 Å². The number of aryl methyl sites for hydroxylation is 1. The van der Waals surface area contributed by atoms with E-state index in [9.17, 15) is 0 Å². The largest absolute Gasteiger partial charge is 0.340 e. The maximum absolute atomic E-state index is 6.51. The Hall–Kier alpha value is -2.61. The predicted octanol–water partition coefficient (Wildman–Crippen LogP) is 9.73. The van der Waals surface area contributed by atoms with Gasteiger partial charge in [-0.1, -0.05) is 65.5 Å². The van der Waals surface area contributed by atoms with Crippen LogP contribution in [0.3, 0.4) is 0 Å². The average Bonchev–Trinajstić information content (AvgIpc) is 3.04. The summed E-state index contributed by atoms with van der Waals surface area (Å²) in [5.41, 5.74) is 6.57. The van der Waals surface area contributed by atoms with Crippen LogP contribution >= 0.6 is 35.1 Å². The molecular weight excluding hydrogens is 600 g/mol. The lowest BCUT2D eigenvalue weighted by molar-refractivity contribution is 0.119. The Labute approximate surface area is 276 Å². The predicted molar refractivity (Wildman–Crippen MR) is 189 cm³/mol. The van der Waals surface area contributed by atoms with Gasteiger partial charge in [-0.05, 0) is 113 Å². The minimum absolute atomic E-state index is 0.649. The highest BCUT2D eigenvalue weighted by Crippen LogP contribution is 2.49. The van der Waals surface area contributed by atoms with Gasteiger partial charge < -0.3 is 19.6 Å². The van der Waals surface area contributed by atoms with Crippen molar-refractivity contribution in [3.8, 4) is 0 Å². The van der Waals surface area contributed by atoms with Crippen molar-refractivity contribution >= 4 is 57.9 Å². The second kappa shape index (κ2) is 13.4. The molecule has 3 heterocycles. The highest BCUT2D eigenvalue weighted by molar-refractivity contribution is 8.00. The number of hydrogen-bond acceptors (Lipinski definition) is 6. The van der Waals surface area contributed by atoms with E-state index in [1.54, 1.807) is 0 Å². The van der Waals surface area contributed by atoms with Crippen LogP contribution in [0.4, 0.5) is 22.7 Å². The van der Waals surface area contributed by atoms with Crippen LogP contribution in [-0.2, 0) is 0 Å². The van der Waals surface area contributed by atoms with Crippen LogP contribution in [0.2, 0.25) is 5.02 Å². The van der Waals surface area contributed by atoms with Gasteiger partial charge >= 0.3 is 0 Å². The van der Waals surface area contributed by atoms with Gasteiger partial charge in [-0.25, -0.2) is 0 Å². The van der Waals surface area contributed by atoms with Gasteiger partial charge in [-0.3, -0.25) is 0 Å². The van der Waals surface area contributed by atoms with Gasteiger partial charge in [0.15, 0.2) is 0 Å². The second-order valence-electron chi connectivity index (χ2n) is 12.3. The van der Waals surface area contributed by atoms with Gasteiger partial charge in [0.2, 0.25) is 0 Å². The minimum Gasteiger partial charge on any atom is -0.340 e. The number of piperidine rings is 1. The summed E-state index contributed by atoms with van der Waals surface area (Å²) >= 11 is 10.3. The molecule has 3 aliphatic rings. The summed E-state index contributed by atoms with van der Waals surface area (Å²) in [7, 11) is 2.26. The molecule has 3 aliphatic heterocycles. The van der Waals surface area contributed by atoms with Gasteiger partial charge in [0.25, 0.3) is 0 Å². The third kappa shape index (κ3) is 6.38. The summed E-state index contributed by atoms with van der Waals surface area (Å²) in [6, 6.07) is 31.6. The Balaban J connectivity index is 1.07. The number of para-hydroxylation sites is 2. The van der Waals surface area contributed by atoms with Crippen molar-refractivity contribution in [2.75, 3.05) is 56.1 Å². The Bertz CT molecular complexity index is 1510. The molecule has 1 saturated heterocycles. The lowest BCUT2D eigenvalue weighted by atomic mass is 10.0. The van der Waals surface area contributed by atoms with E-state index in [1.807, 2.05) is 29.6 Å². The van der Waals surface area contributed by atoms with Crippen LogP contribution in [-0.4, -0.2) is 62.2 Å². The lowest BCUT2D eigenvalue weighted by Gasteiger charge is -2.39. The third-order valence-corrected chi connectivity index (χ3v) is 11.7. The van der Waals surface area contributed by atoms with Crippen LogP contribution in [0.15, 0.2) is 105 Å². The van der Waals surface area contributed by atoms with E-state index in [2.05, 4.69) is 112 Å². The fraction of sp³-hybridized carbons (Fsp3) is 0.351. The maximum atomic E-state index is 6.51. The van der Waals surface area contributed by atoms with Crippen molar-refractivity contribution < 1.29 is 0 Å². The normalized spacial score (nSPS) is 16.5. The van der Waals surface area contributed by atoms with Gasteiger partial charge in [-0.2, -0.15) is 0 Å². The lowest BCUT2D eigenvalue weighted by Crippen LogP contribution is -2.45. The number of nitrogens with zero attached hydrogens (tertiary/aromatic N) is 4. The molecule has 4 aromatic carbocycles. The number of rotatable bonds is 9. The molecule has 0 unspecified atom stereocenters. The zero-order valence-electron chi connectivity index (χ0n) is 25.7. The number of halogens is 1. The molecule has 4 aromatic rings. The molecule has 0 radical (unpaired) electrons. The summed E-state index contributed by atoms with van der Waals surface area (Å²) in [5, 5.41) is 0.802. The van der Waals surface area contributed by atoms with Crippen molar-refractivity contribution in [3.05, 3.63) is 95.5 Å². The summed E-state index contributed by atoms with van der Waals surface area (Å²) in [6.07, 6.45) is 4.76. The average molecular weight is 641 g/mol. The standard InChI is InChI=1S/C37H41ClN4S2/c1-27-13-15-36-32(25-27)41(30-9-3-5-11-34(30)43-36)21-7-19-40(29-17-23-39(2)24-18-29)20-8-22-42-31-10-4-6-12-35(31)44-37-16-14-28(38)26-33(37)42/h3-6,9-16,25-26,29H,7-8,17-24H2,1-2H3. The molecular formula is C37H41ClN4S2. The SMILES string of the molecule is Cc1ccc2c(c1)N(CCCN(CCCN1c3ccccc3Sc3ccc(Cl)cc31)C1CCN(C)CC1)c1ccccc1S2. The fourth-order valence-electron chi connectivity index (χ4n) is 6.92. The molecule has 0 bridgehead atoms. The summed E-state index contributed by atoms with van der Waals surface area (Å²) < 4.78 is 0. The Morgan fingerprint density at radius 1 is 0.682 bits per heavy atom. The summed E-state index contributed by atoms with van der Waals surface area (Å²) in [6.45, 7) is 8.82. The third-order valence-electron chi connectivity index (χ3n) is 9.23. The highest BCUT2D eigenvalue weighted by atomic mass is 35.5. The van der Waals surface area contributed by atoms with Crippen molar-refractivity contribution in [2.45, 2.75) is 58.2 Å². The molecule has 0 atom stereocenters. The first-order chi connectivity index (χ1) is 21.5. The monoisotopic (exact) mass is 640 g/mol. The van der Waals surface area contributed by atoms with E-state index in [0.29, 0.717) is 6.04 Å². The second-order valence-corrected chi connectivity index (χ2v) is 14.9. The van der Waals surface area contributed by atoms with Crippen LogP contribution < -0.4 is 9.80 Å². The first-order valence-corrected chi connectivity index (χ1v) is 18.0. The molecule has 4 nitrogen and oxygen atoms in total. The Morgan fingerprint density at radius 3 is 1.82 bits per heavy atom. The highest BCUT2D eigenvalue weighted by Gasteiger charge is 2.27. The van der Waals surface area contributed by atoms with E-state index in [1.165, 1.54) is 73.8 Å². The van der Waals surface area contributed by atoms with Gasteiger partial charge in [-0.15, -0.1) is 0 Å². The number of benzene rings is 4. The molecule has 7 heteroatoms. The zero-order chi connectivity index (χ0) is 30.0. The van der Waals surface area contributed by atoms with Gasteiger partial charge in [0.1, 0.15) is 0 Å². The molecule has 0 saturated carbocycles. The number of anilines is 4. The van der Waals surface area contributed by atoms with Crippen molar-refractivity contribution in [1.29, 1.82) is 0 Å². The number of fused-ring (bicyclic) bond motifs is 4. The fourth-order valence-corrected chi connectivity index (χ4v) is 9.24. The van der Waals surface area contributed by atoms with Gasteiger partial charge in [0, 0.05) is 56.8 Å². The molecule has 0 spiro atoms. The van der Waals surface area contributed by atoms with E-state index in [4.69, 9.17) is 11.6 Å². The zero-order valence-corrected chi connectivity index (χ0v) is 28.1. The molecule has 1 fully saturated rings. The maximum Gasteiger partial charge on any atom is 0.0567 e. The molecule has 0 N–H and O–H groups in total. The first-order valence-electron chi connectivity index (χ1n) is 15.9. The van der Waals surface area contributed by atoms with Crippen LogP contribution in [0.5, 0.6) is 0 Å². The Kier molecular flexibility index (Phi) is 9.16. The molecule has 228 valence electrons. The minimum atomic E-state index is 0.649. The number of likely N-dealkylation sites (tertiary alicyclic amines) is 1. The first kappa shape index (κ1) is 30.1. The van der Waals surface area contributed by atoms with Crippen LogP contribution in [0, 0.1) is 6.92 Å². The molecule has 0 aliphatic carbocycles. The Morgan fingerprint density at radius 2 is 1.20 bits per heavy atom.